The molecular weight excluding hydrogens is 544 g/mol. The molecule has 0 aromatic heterocycles. The van der Waals surface area contributed by atoms with Crippen LogP contribution < -0.4 is 9.47 Å². The first-order valence-electron chi connectivity index (χ1n) is 15.9. The number of benzene rings is 2. The molecule has 0 aliphatic carbocycles. The zero-order valence-electron chi connectivity index (χ0n) is 29.0. The van der Waals surface area contributed by atoms with Crippen molar-refractivity contribution in [1.29, 1.82) is 0 Å². The summed E-state index contributed by atoms with van der Waals surface area (Å²) in [5.74, 6) is 1.72. The lowest BCUT2D eigenvalue weighted by Gasteiger charge is -2.31. The lowest BCUT2D eigenvalue weighted by Crippen LogP contribution is -2.48. The summed E-state index contributed by atoms with van der Waals surface area (Å²) in [6.07, 6.45) is 1.92. The largest absolute Gasteiger partial charge is 0.493 e. The molecule has 0 radical (unpaired) electrons. The highest BCUT2D eigenvalue weighted by molar-refractivity contribution is 5.41. The molecule has 43 heavy (non-hydrogen) atoms. The van der Waals surface area contributed by atoms with Gasteiger partial charge in [-0.25, -0.2) is 0 Å². The Kier molecular flexibility index (Phi) is 14.4. The highest BCUT2D eigenvalue weighted by Gasteiger charge is 2.30. The Hall–Kier alpha value is -2.20. The van der Waals surface area contributed by atoms with E-state index in [2.05, 4.69) is 62.4 Å². The van der Waals surface area contributed by atoms with Gasteiger partial charge < -0.3 is 9.47 Å². The van der Waals surface area contributed by atoms with Crippen molar-refractivity contribution in [2.75, 3.05) is 40.4 Å². The van der Waals surface area contributed by atoms with Gasteiger partial charge in [-0.15, -0.1) is 0 Å². The van der Waals surface area contributed by atoms with Crippen LogP contribution >= 0.6 is 0 Å². The minimum atomic E-state index is -0.166. The van der Waals surface area contributed by atoms with E-state index in [-0.39, 0.29) is 39.5 Å². The molecule has 0 saturated heterocycles. The van der Waals surface area contributed by atoms with E-state index in [1.165, 1.54) is 11.1 Å². The van der Waals surface area contributed by atoms with Crippen molar-refractivity contribution in [3.63, 3.8) is 0 Å². The van der Waals surface area contributed by atoms with Crippen molar-refractivity contribution in [3.05, 3.63) is 59.7 Å². The van der Waals surface area contributed by atoms with Crippen LogP contribution in [0.25, 0.3) is 0 Å². The first-order chi connectivity index (χ1) is 20.0. The number of hydrogen-bond acceptors (Lipinski definition) is 6. The van der Waals surface area contributed by atoms with Crippen molar-refractivity contribution in [3.8, 4) is 11.5 Å². The van der Waals surface area contributed by atoms with Crippen LogP contribution in [0.4, 0.5) is 0 Å². The molecule has 8 nitrogen and oxygen atoms in total. The van der Waals surface area contributed by atoms with Crippen LogP contribution in [0.2, 0.25) is 0 Å². The third kappa shape index (κ3) is 13.1. The topological polar surface area (TPSA) is 55.4 Å². The molecule has 2 rings (SSSR count). The molecule has 2 aromatic rings. The van der Waals surface area contributed by atoms with Gasteiger partial charge in [0.1, 0.15) is 63.1 Å². The first kappa shape index (κ1) is 37.0. The number of hydroxylamine groups is 8. The molecule has 0 bridgehead atoms. The van der Waals surface area contributed by atoms with Crippen molar-refractivity contribution < 1.29 is 38.4 Å². The highest BCUT2D eigenvalue weighted by Crippen LogP contribution is 2.33. The summed E-state index contributed by atoms with van der Waals surface area (Å²) in [5, 5.41) is 0. The van der Waals surface area contributed by atoms with Crippen LogP contribution in [0, 0.1) is 0 Å². The predicted octanol–water partition coefficient (Wildman–Crippen LogP) is 7.80. The second kappa shape index (κ2) is 16.8. The maximum Gasteiger partial charge on any atom is 0.145 e. The molecule has 0 aliphatic heterocycles. The summed E-state index contributed by atoms with van der Waals surface area (Å²) in [5.41, 5.74) is 2.28. The van der Waals surface area contributed by atoms with Crippen LogP contribution in [0.3, 0.4) is 0 Å². The smallest absolute Gasteiger partial charge is 0.145 e. The van der Waals surface area contributed by atoms with Gasteiger partial charge in [-0.05, 0) is 100 Å². The van der Waals surface area contributed by atoms with E-state index >= 15 is 0 Å². The molecule has 0 amide bonds. The van der Waals surface area contributed by atoms with Crippen molar-refractivity contribution in [2.45, 2.75) is 112 Å². The molecule has 0 spiro atoms. The van der Waals surface area contributed by atoms with Crippen LogP contribution in [-0.4, -0.2) is 74.4 Å². The van der Waals surface area contributed by atoms with E-state index in [1.54, 1.807) is 0 Å². The highest BCUT2D eigenvalue weighted by atomic mass is 17.0. The standard InChI is InChI=1S/C35H60N2O6/c1-27(2)40-36(11,41-28(3)4)23-13-25-38-33-19-15-31(16-20-33)35(9,10)32-17-21-34(22-18-32)39-26-14-24-37(12,42-29(5)6)43-30(7)8/h15-22,27-30H,13-14,23-26H2,1-12H3/q+2. The summed E-state index contributed by atoms with van der Waals surface area (Å²) in [7, 11) is 3.91. The molecule has 8 heteroatoms. The Balaban J connectivity index is 1.88. The van der Waals surface area contributed by atoms with Gasteiger partial charge in [-0.1, -0.05) is 38.1 Å². The average molecular weight is 605 g/mol. The monoisotopic (exact) mass is 604 g/mol. The summed E-state index contributed by atoms with van der Waals surface area (Å²) < 4.78 is 12.1. The molecule has 0 aliphatic rings. The Morgan fingerprint density at radius 1 is 0.512 bits per heavy atom. The number of nitrogens with zero attached hydrogens (tertiary/aromatic N) is 2. The molecule has 0 fully saturated rings. The minimum absolute atomic E-state index is 0.0745. The second-order valence-corrected chi connectivity index (χ2v) is 13.2. The van der Waals surface area contributed by atoms with E-state index < -0.39 is 0 Å². The fourth-order valence-electron chi connectivity index (χ4n) is 5.23. The molecule has 0 saturated carbocycles. The van der Waals surface area contributed by atoms with Gasteiger partial charge in [0.2, 0.25) is 0 Å². The maximum absolute atomic E-state index is 6.05. The van der Waals surface area contributed by atoms with Crippen molar-refractivity contribution >= 4 is 0 Å². The quantitative estimate of drug-likeness (QED) is 0.0873. The maximum atomic E-state index is 6.05. The second-order valence-electron chi connectivity index (χ2n) is 13.2. The number of rotatable bonds is 20. The van der Waals surface area contributed by atoms with Crippen LogP contribution in [0.5, 0.6) is 11.5 Å². The first-order valence-corrected chi connectivity index (χ1v) is 15.9. The van der Waals surface area contributed by atoms with Gasteiger partial charge in [0.05, 0.1) is 13.2 Å². The molecule has 0 unspecified atom stereocenters. The van der Waals surface area contributed by atoms with E-state index in [0.29, 0.717) is 26.3 Å². The summed E-state index contributed by atoms with van der Waals surface area (Å²) >= 11 is 0. The van der Waals surface area contributed by atoms with E-state index in [9.17, 15) is 0 Å². The molecule has 2 aromatic carbocycles. The fraction of sp³-hybridized carbons (Fsp3) is 0.657. The van der Waals surface area contributed by atoms with Crippen LogP contribution in [-0.2, 0) is 24.8 Å². The summed E-state index contributed by atoms with van der Waals surface area (Å²) in [4.78, 5) is 24.3. The third-order valence-electron chi connectivity index (χ3n) is 6.84. The Morgan fingerprint density at radius 2 is 0.791 bits per heavy atom. The van der Waals surface area contributed by atoms with Gasteiger partial charge >= 0.3 is 0 Å². The zero-order valence-corrected chi connectivity index (χ0v) is 29.0. The Labute approximate surface area is 261 Å². The Bertz CT molecular complexity index is 948. The minimum Gasteiger partial charge on any atom is -0.493 e. The molecular formula is C35H60N2O6+2. The van der Waals surface area contributed by atoms with Crippen LogP contribution in [0.1, 0.15) is 93.2 Å². The molecule has 0 N–H and O–H groups in total. The van der Waals surface area contributed by atoms with Crippen molar-refractivity contribution in [2.24, 2.45) is 0 Å². The normalized spacial score (nSPS) is 13.0. The summed E-state index contributed by atoms with van der Waals surface area (Å²) in [6.45, 7) is 23.2. The van der Waals surface area contributed by atoms with E-state index in [4.69, 9.17) is 28.8 Å². The SMILES string of the molecule is CC(C)O[N+](C)(CCCOc1ccc(C(C)(C)c2ccc(OCCC[N+](C)(OC(C)C)OC(C)C)cc2)cc1)OC(C)C. The van der Waals surface area contributed by atoms with Gasteiger partial charge in [-0.3, -0.25) is 0 Å². The van der Waals surface area contributed by atoms with Gasteiger partial charge in [0.25, 0.3) is 0 Å². The summed E-state index contributed by atoms with van der Waals surface area (Å²) in [6, 6.07) is 16.8. The fourth-order valence-corrected chi connectivity index (χ4v) is 5.23. The molecule has 0 heterocycles. The molecule has 0 atom stereocenters. The number of ether oxygens (including phenoxy) is 2. The third-order valence-corrected chi connectivity index (χ3v) is 6.84. The predicted molar refractivity (Wildman–Crippen MR) is 172 cm³/mol. The lowest BCUT2D eigenvalue weighted by molar-refractivity contribution is -1.24. The average Bonchev–Trinajstić information content (AvgIpc) is 2.88. The van der Waals surface area contributed by atoms with Gasteiger partial charge in [0.15, 0.2) is 0 Å². The number of quaternary nitrogens is 2. The van der Waals surface area contributed by atoms with Crippen LogP contribution in [0.15, 0.2) is 48.5 Å². The van der Waals surface area contributed by atoms with E-state index in [0.717, 1.165) is 24.3 Å². The van der Waals surface area contributed by atoms with Gasteiger partial charge in [-0.2, -0.15) is 19.4 Å². The lowest BCUT2D eigenvalue weighted by atomic mass is 9.78. The van der Waals surface area contributed by atoms with Crippen molar-refractivity contribution in [1.82, 2.24) is 0 Å². The zero-order chi connectivity index (χ0) is 32.3. The Morgan fingerprint density at radius 3 is 1.05 bits per heavy atom. The van der Waals surface area contributed by atoms with Gasteiger partial charge in [0, 0.05) is 18.3 Å². The van der Waals surface area contributed by atoms with E-state index in [1.807, 2.05) is 69.5 Å². The molecule has 244 valence electrons. The number of hydrogen-bond donors (Lipinski definition) is 0.